The van der Waals surface area contributed by atoms with Gasteiger partial charge < -0.3 is 5.11 Å². The molecule has 0 amide bonds. The minimum atomic E-state index is -0.293. The zero-order valence-electron chi connectivity index (χ0n) is 11.2. The van der Waals surface area contributed by atoms with Crippen molar-refractivity contribution in [3.05, 3.63) is 58.5 Å². The molecule has 0 saturated heterocycles. The van der Waals surface area contributed by atoms with Crippen molar-refractivity contribution in [1.82, 2.24) is 9.97 Å². The number of fused-ring (bicyclic) bond motifs is 1. The van der Waals surface area contributed by atoms with Crippen LogP contribution in [-0.4, -0.2) is 15.1 Å². The third-order valence-corrected chi connectivity index (χ3v) is 2.98. The summed E-state index contributed by atoms with van der Waals surface area (Å²) < 4.78 is 0. The summed E-state index contributed by atoms with van der Waals surface area (Å²) in [5.41, 5.74) is 0.602. The smallest absolute Gasteiger partial charge is 0.252 e. The standard InChI is InChI=1S/C15H12N4O2/c1-9-8-13(21)17-15(16-9)19-18-14-11-5-3-2-4-10(11)6-7-12(14)20/h2-8,20H,1H3,(H,16,17,21). The molecule has 3 aromatic rings. The zero-order valence-corrected chi connectivity index (χ0v) is 11.2. The predicted octanol–water partition coefficient (Wildman–Crippen LogP) is 3.35. The van der Waals surface area contributed by atoms with E-state index in [0.717, 1.165) is 10.8 Å². The first-order chi connectivity index (χ1) is 10.1. The molecule has 2 aromatic carbocycles. The van der Waals surface area contributed by atoms with Crippen molar-refractivity contribution in [3.63, 3.8) is 0 Å². The number of nitrogens with zero attached hydrogens (tertiary/aromatic N) is 3. The van der Waals surface area contributed by atoms with Gasteiger partial charge >= 0.3 is 0 Å². The molecule has 104 valence electrons. The molecule has 1 aromatic heterocycles. The van der Waals surface area contributed by atoms with Gasteiger partial charge in [-0.15, -0.1) is 10.2 Å². The van der Waals surface area contributed by atoms with Gasteiger partial charge in [-0.25, -0.2) is 4.98 Å². The van der Waals surface area contributed by atoms with Crippen LogP contribution in [0.15, 0.2) is 57.5 Å². The average Bonchev–Trinajstić information content (AvgIpc) is 2.45. The second kappa shape index (κ2) is 5.16. The highest BCUT2D eigenvalue weighted by Crippen LogP contribution is 2.35. The maximum absolute atomic E-state index is 11.4. The Labute approximate surface area is 119 Å². The first-order valence-electron chi connectivity index (χ1n) is 6.34. The molecule has 0 saturated carbocycles. The topological polar surface area (TPSA) is 90.7 Å². The van der Waals surface area contributed by atoms with E-state index in [0.29, 0.717) is 11.4 Å². The van der Waals surface area contributed by atoms with Gasteiger partial charge in [-0.2, -0.15) is 0 Å². The number of benzene rings is 2. The number of H-pyrrole nitrogens is 1. The van der Waals surface area contributed by atoms with Gasteiger partial charge in [0.2, 0.25) is 5.95 Å². The number of phenols is 1. The van der Waals surface area contributed by atoms with Crippen molar-refractivity contribution < 1.29 is 5.11 Å². The fourth-order valence-electron chi connectivity index (χ4n) is 2.06. The molecule has 21 heavy (non-hydrogen) atoms. The normalized spacial score (nSPS) is 11.3. The van der Waals surface area contributed by atoms with Gasteiger partial charge in [-0.3, -0.25) is 9.78 Å². The van der Waals surface area contributed by atoms with E-state index in [-0.39, 0.29) is 17.3 Å². The molecule has 3 rings (SSSR count). The highest BCUT2D eigenvalue weighted by Gasteiger charge is 2.06. The van der Waals surface area contributed by atoms with Crippen molar-refractivity contribution in [2.75, 3.05) is 0 Å². The Morgan fingerprint density at radius 3 is 2.76 bits per heavy atom. The monoisotopic (exact) mass is 280 g/mol. The molecule has 2 N–H and O–H groups in total. The maximum Gasteiger partial charge on any atom is 0.252 e. The third-order valence-electron chi connectivity index (χ3n) is 2.98. The second-order valence-electron chi connectivity index (χ2n) is 4.56. The first-order valence-corrected chi connectivity index (χ1v) is 6.34. The zero-order chi connectivity index (χ0) is 14.8. The molecule has 1 heterocycles. The largest absolute Gasteiger partial charge is 0.506 e. The first kappa shape index (κ1) is 13.0. The van der Waals surface area contributed by atoms with E-state index >= 15 is 0 Å². The lowest BCUT2D eigenvalue weighted by molar-refractivity contribution is 0.477. The number of hydrogen-bond acceptors (Lipinski definition) is 5. The van der Waals surface area contributed by atoms with Gasteiger partial charge in [0, 0.05) is 17.1 Å². The van der Waals surface area contributed by atoms with Gasteiger partial charge in [0.25, 0.3) is 5.56 Å². The van der Waals surface area contributed by atoms with Crippen LogP contribution in [0, 0.1) is 6.92 Å². The Balaban J connectivity index is 2.11. The lowest BCUT2D eigenvalue weighted by Gasteiger charge is -2.03. The number of aromatic hydroxyl groups is 1. The second-order valence-corrected chi connectivity index (χ2v) is 4.56. The fraction of sp³-hybridized carbons (Fsp3) is 0.0667. The summed E-state index contributed by atoms with van der Waals surface area (Å²) >= 11 is 0. The number of hydrogen-bond donors (Lipinski definition) is 2. The van der Waals surface area contributed by atoms with Crippen LogP contribution in [0.2, 0.25) is 0 Å². The quantitative estimate of drug-likeness (QED) is 0.705. The van der Waals surface area contributed by atoms with Crippen LogP contribution >= 0.6 is 0 Å². The van der Waals surface area contributed by atoms with Gasteiger partial charge in [0.1, 0.15) is 11.4 Å². The molecule has 0 spiro atoms. The van der Waals surface area contributed by atoms with Gasteiger partial charge in [-0.05, 0) is 18.4 Å². The summed E-state index contributed by atoms with van der Waals surface area (Å²) in [6, 6.07) is 12.2. The Morgan fingerprint density at radius 2 is 1.95 bits per heavy atom. The van der Waals surface area contributed by atoms with Crippen LogP contribution in [0.3, 0.4) is 0 Å². The average molecular weight is 280 g/mol. The highest BCUT2D eigenvalue weighted by atomic mass is 16.3. The van der Waals surface area contributed by atoms with Gasteiger partial charge in [-0.1, -0.05) is 30.3 Å². The number of rotatable bonds is 2. The van der Waals surface area contributed by atoms with Crippen molar-refractivity contribution in [3.8, 4) is 5.75 Å². The van der Waals surface area contributed by atoms with Gasteiger partial charge in [0.15, 0.2) is 0 Å². The van der Waals surface area contributed by atoms with Crippen LogP contribution in [0.4, 0.5) is 11.6 Å². The van der Waals surface area contributed by atoms with E-state index in [4.69, 9.17) is 0 Å². The summed E-state index contributed by atoms with van der Waals surface area (Å²) in [7, 11) is 0. The Morgan fingerprint density at radius 1 is 1.14 bits per heavy atom. The number of aromatic nitrogens is 2. The molecular formula is C15H12N4O2. The Kier molecular flexibility index (Phi) is 3.19. The van der Waals surface area contributed by atoms with Crippen molar-refractivity contribution in [2.24, 2.45) is 10.2 Å². The summed E-state index contributed by atoms with van der Waals surface area (Å²) in [5, 5.41) is 19.6. The lowest BCUT2D eigenvalue weighted by Crippen LogP contribution is -2.05. The van der Waals surface area contributed by atoms with E-state index in [1.54, 1.807) is 19.1 Å². The lowest BCUT2D eigenvalue weighted by atomic mass is 10.1. The molecule has 0 atom stereocenters. The molecule has 0 aliphatic carbocycles. The van der Waals surface area contributed by atoms with E-state index < -0.39 is 0 Å². The van der Waals surface area contributed by atoms with Gasteiger partial charge in [0.05, 0.1) is 0 Å². The fourth-order valence-corrected chi connectivity index (χ4v) is 2.06. The molecule has 0 unspecified atom stereocenters. The minimum absolute atomic E-state index is 0.0208. The number of azo groups is 1. The van der Waals surface area contributed by atoms with E-state index in [9.17, 15) is 9.90 Å². The summed E-state index contributed by atoms with van der Waals surface area (Å²) in [5.74, 6) is 0.125. The van der Waals surface area contributed by atoms with Crippen molar-refractivity contribution in [1.29, 1.82) is 0 Å². The Bertz CT molecular complexity index is 900. The molecule has 6 nitrogen and oxygen atoms in total. The number of aryl methyl sites for hydroxylation is 1. The maximum atomic E-state index is 11.4. The summed E-state index contributed by atoms with van der Waals surface area (Å²) in [6.45, 7) is 1.70. The highest BCUT2D eigenvalue weighted by molar-refractivity contribution is 5.95. The summed E-state index contributed by atoms with van der Waals surface area (Å²) in [4.78, 5) is 17.9. The number of phenolic OH excluding ortho intramolecular Hbond substituents is 1. The van der Waals surface area contributed by atoms with Crippen LogP contribution < -0.4 is 5.56 Å². The SMILES string of the molecule is Cc1cc(=O)[nH]c(N=Nc2c(O)ccc3ccccc23)n1. The number of nitrogens with one attached hydrogen (secondary N) is 1. The van der Waals surface area contributed by atoms with E-state index in [1.165, 1.54) is 6.07 Å². The molecule has 0 aliphatic rings. The third kappa shape index (κ3) is 2.64. The van der Waals surface area contributed by atoms with Crippen LogP contribution in [0.1, 0.15) is 5.69 Å². The van der Waals surface area contributed by atoms with Crippen LogP contribution in [-0.2, 0) is 0 Å². The molecule has 6 heteroatoms. The van der Waals surface area contributed by atoms with E-state index in [2.05, 4.69) is 20.2 Å². The molecule has 0 radical (unpaired) electrons. The van der Waals surface area contributed by atoms with Crippen LogP contribution in [0.5, 0.6) is 5.75 Å². The molecular weight excluding hydrogens is 268 g/mol. The Hall–Kier alpha value is -3.02. The van der Waals surface area contributed by atoms with Crippen LogP contribution in [0.25, 0.3) is 10.8 Å². The summed E-state index contributed by atoms with van der Waals surface area (Å²) in [6.07, 6.45) is 0. The molecule has 0 aliphatic heterocycles. The molecule has 0 fully saturated rings. The van der Waals surface area contributed by atoms with E-state index in [1.807, 2.05) is 24.3 Å². The molecule has 0 bridgehead atoms. The number of aromatic amines is 1. The van der Waals surface area contributed by atoms with Crippen molar-refractivity contribution in [2.45, 2.75) is 6.92 Å². The van der Waals surface area contributed by atoms with Crippen molar-refractivity contribution >= 4 is 22.4 Å². The minimum Gasteiger partial charge on any atom is -0.506 e. The predicted molar refractivity (Wildman–Crippen MR) is 79.4 cm³/mol.